The van der Waals surface area contributed by atoms with Crippen molar-refractivity contribution in [3.05, 3.63) is 41.3 Å². The molecule has 3 heterocycles. The summed E-state index contributed by atoms with van der Waals surface area (Å²) in [6, 6.07) is 3.87. The number of pyridine rings is 1. The minimum atomic E-state index is -0.138. The molecule has 2 fully saturated rings. The summed E-state index contributed by atoms with van der Waals surface area (Å²) < 4.78 is 5.51. The fourth-order valence-electron chi connectivity index (χ4n) is 4.31. The predicted molar refractivity (Wildman–Crippen MR) is 87.3 cm³/mol. The lowest BCUT2D eigenvalue weighted by Crippen LogP contribution is -2.35. The number of hydrogen-bond acceptors (Lipinski definition) is 5. The fraction of sp³-hybridized carbons (Fsp3) is 0.556. The summed E-state index contributed by atoms with van der Waals surface area (Å²) in [5, 5.41) is 3.97. The molecule has 6 heteroatoms. The molecule has 1 amide bonds. The Morgan fingerprint density at radius 2 is 2.33 bits per heavy atom. The zero-order chi connectivity index (χ0) is 16.7. The van der Waals surface area contributed by atoms with Gasteiger partial charge in [-0.05, 0) is 44.2 Å². The van der Waals surface area contributed by atoms with Crippen LogP contribution in [0.25, 0.3) is 0 Å². The zero-order valence-corrected chi connectivity index (χ0v) is 14.2. The number of likely N-dealkylation sites (tertiary alicyclic amines) is 1. The Kier molecular flexibility index (Phi) is 3.62. The monoisotopic (exact) mass is 326 g/mol. The standard InChI is InChI=1S/C18H22N4O2/c1-12-14(5-4-8-19-12)9-16(23)22-10-15-6-3-7-18(15,11-22)17-20-13(2)21-24-17/h4-5,8,15H,3,6-7,9-11H2,1-2H3/t15-,18-/m0/s1. The second-order valence-corrected chi connectivity index (χ2v) is 7.09. The number of carbonyl (C=O) groups excluding carboxylic acids is 1. The first kappa shape index (κ1) is 15.3. The van der Waals surface area contributed by atoms with Crippen LogP contribution in [0.15, 0.2) is 22.9 Å². The number of hydrogen-bond donors (Lipinski definition) is 0. The maximum Gasteiger partial charge on any atom is 0.234 e. The molecule has 0 aromatic carbocycles. The van der Waals surface area contributed by atoms with Gasteiger partial charge in [0.2, 0.25) is 11.8 Å². The van der Waals surface area contributed by atoms with Crippen LogP contribution in [0.2, 0.25) is 0 Å². The Bertz CT molecular complexity index is 772. The lowest BCUT2D eigenvalue weighted by molar-refractivity contribution is -0.129. The van der Waals surface area contributed by atoms with Crippen LogP contribution in [0.3, 0.4) is 0 Å². The summed E-state index contributed by atoms with van der Waals surface area (Å²) in [5.74, 6) is 1.98. The average Bonchev–Trinajstić information content (AvgIpc) is 3.23. The van der Waals surface area contributed by atoms with Gasteiger partial charge in [0.25, 0.3) is 0 Å². The van der Waals surface area contributed by atoms with Gasteiger partial charge in [-0.2, -0.15) is 4.98 Å². The van der Waals surface area contributed by atoms with E-state index in [0.29, 0.717) is 24.7 Å². The first-order chi connectivity index (χ1) is 11.6. The third-order valence-corrected chi connectivity index (χ3v) is 5.63. The van der Waals surface area contributed by atoms with Gasteiger partial charge < -0.3 is 9.42 Å². The SMILES string of the molecule is Cc1noc([C@]23CCC[C@H]2CN(C(=O)Cc2cccnc2C)C3)n1. The molecule has 2 atom stereocenters. The molecule has 1 saturated heterocycles. The Morgan fingerprint density at radius 3 is 3.08 bits per heavy atom. The Balaban J connectivity index is 1.55. The lowest BCUT2D eigenvalue weighted by atomic mass is 9.80. The molecule has 24 heavy (non-hydrogen) atoms. The van der Waals surface area contributed by atoms with Gasteiger partial charge in [-0.15, -0.1) is 0 Å². The molecule has 0 radical (unpaired) electrons. The molecule has 6 nitrogen and oxygen atoms in total. The van der Waals surface area contributed by atoms with E-state index < -0.39 is 0 Å². The van der Waals surface area contributed by atoms with E-state index in [9.17, 15) is 4.79 Å². The normalized spacial score (nSPS) is 25.9. The van der Waals surface area contributed by atoms with Gasteiger partial charge in [0, 0.05) is 25.0 Å². The third-order valence-electron chi connectivity index (χ3n) is 5.63. The van der Waals surface area contributed by atoms with E-state index in [-0.39, 0.29) is 11.3 Å². The molecule has 1 aliphatic heterocycles. The second-order valence-electron chi connectivity index (χ2n) is 7.09. The van der Waals surface area contributed by atoms with E-state index >= 15 is 0 Å². The van der Waals surface area contributed by atoms with Crippen LogP contribution >= 0.6 is 0 Å². The van der Waals surface area contributed by atoms with Crippen LogP contribution < -0.4 is 0 Å². The molecule has 0 N–H and O–H groups in total. The van der Waals surface area contributed by atoms with Crippen molar-refractivity contribution in [2.24, 2.45) is 5.92 Å². The van der Waals surface area contributed by atoms with E-state index in [0.717, 1.165) is 43.0 Å². The molecule has 0 bridgehead atoms. The molecule has 2 aromatic rings. The van der Waals surface area contributed by atoms with Crippen molar-refractivity contribution in [1.82, 2.24) is 20.0 Å². The maximum absolute atomic E-state index is 12.8. The molecule has 1 saturated carbocycles. The van der Waals surface area contributed by atoms with Gasteiger partial charge in [-0.25, -0.2) is 0 Å². The van der Waals surface area contributed by atoms with E-state index in [1.165, 1.54) is 0 Å². The van der Waals surface area contributed by atoms with Crippen molar-refractivity contribution in [2.75, 3.05) is 13.1 Å². The number of nitrogens with zero attached hydrogens (tertiary/aromatic N) is 4. The number of amides is 1. The summed E-state index contributed by atoms with van der Waals surface area (Å²) in [5.41, 5.74) is 1.79. The van der Waals surface area contributed by atoms with Crippen LogP contribution in [0, 0.1) is 19.8 Å². The molecule has 1 aliphatic carbocycles. The largest absolute Gasteiger partial charge is 0.341 e. The van der Waals surface area contributed by atoms with Crippen LogP contribution in [0.1, 0.15) is 42.2 Å². The third kappa shape index (κ3) is 2.41. The maximum atomic E-state index is 12.8. The zero-order valence-electron chi connectivity index (χ0n) is 14.2. The van der Waals surface area contributed by atoms with Crippen LogP contribution in [0.4, 0.5) is 0 Å². The number of rotatable bonds is 3. The van der Waals surface area contributed by atoms with Gasteiger partial charge >= 0.3 is 0 Å². The minimum Gasteiger partial charge on any atom is -0.341 e. The molecule has 2 aromatic heterocycles. The molecule has 4 rings (SSSR count). The smallest absolute Gasteiger partial charge is 0.234 e. The summed E-state index contributed by atoms with van der Waals surface area (Å²) in [4.78, 5) is 23.6. The van der Waals surface area contributed by atoms with Crippen LogP contribution in [-0.4, -0.2) is 39.0 Å². The van der Waals surface area contributed by atoms with Crippen LogP contribution in [0.5, 0.6) is 0 Å². The average molecular weight is 326 g/mol. The van der Waals surface area contributed by atoms with Crippen molar-refractivity contribution in [2.45, 2.75) is 44.9 Å². The summed E-state index contributed by atoms with van der Waals surface area (Å²) in [7, 11) is 0. The van der Waals surface area contributed by atoms with E-state index in [1.54, 1.807) is 6.20 Å². The topological polar surface area (TPSA) is 72.1 Å². The van der Waals surface area contributed by atoms with Crippen molar-refractivity contribution < 1.29 is 9.32 Å². The number of aromatic nitrogens is 3. The second kappa shape index (κ2) is 5.69. The first-order valence-electron chi connectivity index (χ1n) is 8.57. The van der Waals surface area contributed by atoms with Crippen molar-refractivity contribution >= 4 is 5.91 Å². The van der Waals surface area contributed by atoms with E-state index in [1.807, 2.05) is 30.9 Å². The molecule has 0 spiro atoms. The van der Waals surface area contributed by atoms with E-state index in [4.69, 9.17) is 4.52 Å². The van der Waals surface area contributed by atoms with E-state index in [2.05, 4.69) is 15.1 Å². The highest BCUT2D eigenvalue weighted by atomic mass is 16.5. The van der Waals surface area contributed by atoms with Gasteiger partial charge in [0.15, 0.2) is 5.82 Å². The van der Waals surface area contributed by atoms with Crippen molar-refractivity contribution in [1.29, 1.82) is 0 Å². The molecule has 126 valence electrons. The van der Waals surface area contributed by atoms with Crippen molar-refractivity contribution in [3.63, 3.8) is 0 Å². The Morgan fingerprint density at radius 1 is 1.46 bits per heavy atom. The van der Waals surface area contributed by atoms with Gasteiger partial charge in [0.1, 0.15) is 0 Å². The Labute approximate surface area is 141 Å². The highest BCUT2D eigenvalue weighted by Gasteiger charge is 2.55. The summed E-state index contributed by atoms with van der Waals surface area (Å²) in [6.07, 6.45) is 5.48. The number of fused-ring (bicyclic) bond motifs is 1. The van der Waals surface area contributed by atoms with Gasteiger partial charge in [-0.1, -0.05) is 17.6 Å². The van der Waals surface area contributed by atoms with Gasteiger partial charge in [0.05, 0.1) is 11.8 Å². The van der Waals surface area contributed by atoms with Crippen molar-refractivity contribution in [3.8, 4) is 0 Å². The number of carbonyl (C=O) groups is 1. The molecular formula is C18H22N4O2. The predicted octanol–water partition coefficient (Wildman–Crippen LogP) is 2.20. The van der Waals surface area contributed by atoms with Crippen LogP contribution in [-0.2, 0) is 16.6 Å². The molecule has 0 unspecified atom stereocenters. The molecule has 2 aliphatic rings. The fourth-order valence-corrected chi connectivity index (χ4v) is 4.31. The van der Waals surface area contributed by atoms with Gasteiger partial charge in [-0.3, -0.25) is 9.78 Å². The lowest BCUT2D eigenvalue weighted by Gasteiger charge is -2.24. The summed E-state index contributed by atoms with van der Waals surface area (Å²) in [6.45, 7) is 5.28. The first-order valence-corrected chi connectivity index (χ1v) is 8.57. The minimum absolute atomic E-state index is 0.138. The highest BCUT2D eigenvalue weighted by Crippen LogP contribution is 2.49. The summed E-state index contributed by atoms with van der Waals surface area (Å²) >= 11 is 0. The number of aryl methyl sites for hydroxylation is 2. The highest BCUT2D eigenvalue weighted by molar-refractivity contribution is 5.79. The Hall–Kier alpha value is -2.24. The quantitative estimate of drug-likeness (QED) is 0.864. The molecular weight excluding hydrogens is 304 g/mol.